The molecule has 0 aliphatic heterocycles. The zero-order chi connectivity index (χ0) is 19.7. The van der Waals surface area contributed by atoms with Gasteiger partial charge in [0, 0.05) is 16.6 Å². The van der Waals surface area contributed by atoms with E-state index in [1.807, 2.05) is 12.3 Å². The third-order valence-electron chi connectivity index (χ3n) is 3.89. The van der Waals surface area contributed by atoms with Crippen LogP contribution in [0.4, 0.5) is 10.1 Å². The molecule has 28 heavy (non-hydrogen) atoms. The third kappa shape index (κ3) is 3.62. The predicted octanol–water partition coefficient (Wildman–Crippen LogP) is 3.24. The molecule has 0 aliphatic carbocycles. The summed E-state index contributed by atoms with van der Waals surface area (Å²) in [7, 11) is -3.93. The molecule has 0 amide bonds. The molecule has 0 atom stereocenters. The van der Waals surface area contributed by atoms with E-state index in [1.54, 1.807) is 35.6 Å². The molecule has 4 rings (SSSR count). The number of anilines is 1. The van der Waals surface area contributed by atoms with Gasteiger partial charge in [-0.3, -0.25) is 4.72 Å². The topological polar surface area (TPSA) is 114 Å². The van der Waals surface area contributed by atoms with E-state index in [9.17, 15) is 12.8 Å². The summed E-state index contributed by atoms with van der Waals surface area (Å²) in [6.45, 7) is 1.92. The van der Waals surface area contributed by atoms with Crippen LogP contribution >= 0.6 is 11.3 Å². The van der Waals surface area contributed by atoms with Crippen molar-refractivity contribution in [2.45, 2.75) is 11.8 Å². The molecule has 0 spiro atoms. The molecule has 142 valence electrons. The lowest BCUT2D eigenvalue weighted by molar-refractivity contribution is 0.600. The number of sulfonamides is 1. The standard InChI is InChI=1S/C17H13FN6O2S2/c1-10-19-16(9-27-10)11-2-4-12(5-3-11)22-28(25,26)13-6-7-15(18)14(8-13)17-20-23-24-21-17/h2-9,22H,1H3,(H,20,21,23,24). The summed E-state index contributed by atoms with van der Waals surface area (Å²) in [4.78, 5) is 4.28. The number of H-pyrrole nitrogens is 1. The minimum Gasteiger partial charge on any atom is -0.280 e. The fraction of sp³-hybridized carbons (Fsp3) is 0.0588. The summed E-state index contributed by atoms with van der Waals surface area (Å²) in [6.07, 6.45) is 0. The number of halogens is 1. The average molecular weight is 416 g/mol. The number of rotatable bonds is 5. The second-order valence-corrected chi connectivity index (χ2v) is 8.56. The first-order chi connectivity index (χ1) is 13.4. The Morgan fingerprint density at radius 2 is 1.93 bits per heavy atom. The van der Waals surface area contributed by atoms with Gasteiger partial charge in [0.15, 0.2) is 0 Å². The van der Waals surface area contributed by atoms with Crippen molar-refractivity contribution in [2.75, 3.05) is 4.72 Å². The molecule has 4 aromatic rings. The second kappa shape index (κ2) is 7.09. The van der Waals surface area contributed by atoms with Crippen LogP contribution in [0, 0.1) is 12.7 Å². The zero-order valence-electron chi connectivity index (χ0n) is 14.4. The molecule has 8 nitrogen and oxygen atoms in total. The Labute approximate surface area is 163 Å². The molecule has 0 radical (unpaired) electrons. The number of hydrogen-bond donors (Lipinski definition) is 2. The van der Waals surface area contributed by atoms with Crippen molar-refractivity contribution in [3.05, 3.63) is 58.7 Å². The number of nitrogens with zero attached hydrogens (tertiary/aromatic N) is 4. The maximum Gasteiger partial charge on any atom is 0.261 e. The van der Waals surface area contributed by atoms with Crippen LogP contribution in [-0.2, 0) is 10.0 Å². The fourth-order valence-electron chi connectivity index (χ4n) is 2.54. The molecular formula is C17H13FN6O2S2. The van der Waals surface area contributed by atoms with Gasteiger partial charge in [-0.15, -0.1) is 21.5 Å². The van der Waals surface area contributed by atoms with Crippen LogP contribution in [0.1, 0.15) is 5.01 Å². The zero-order valence-corrected chi connectivity index (χ0v) is 16.1. The molecule has 2 aromatic carbocycles. The molecule has 11 heteroatoms. The fourth-order valence-corrected chi connectivity index (χ4v) is 4.24. The maximum absolute atomic E-state index is 14.0. The number of aromatic nitrogens is 5. The van der Waals surface area contributed by atoms with Gasteiger partial charge < -0.3 is 0 Å². The van der Waals surface area contributed by atoms with Gasteiger partial charge in [0.2, 0.25) is 5.82 Å². The van der Waals surface area contributed by atoms with Crippen molar-refractivity contribution >= 4 is 27.0 Å². The highest BCUT2D eigenvalue weighted by Gasteiger charge is 2.19. The monoisotopic (exact) mass is 416 g/mol. The Bertz CT molecular complexity index is 1220. The molecule has 2 aromatic heterocycles. The van der Waals surface area contributed by atoms with Crippen LogP contribution in [-0.4, -0.2) is 34.0 Å². The van der Waals surface area contributed by atoms with Gasteiger partial charge in [0.05, 0.1) is 21.2 Å². The molecular weight excluding hydrogens is 403 g/mol. The number of thiazole rings is 1. The van der Waals surface area contributed by atoms with Crippen LogP contribution in [0.15, 0.2) is 52.7 Å². The Balaban J connectivity index is 1.60. The first-order valence-corrected chi connectivity index (χ1v) is 10.4. The smallest absolute Gasteiger partial charge is 0.261 e. The van der Waals surface area contributed by atoms with Crippen molar-refractivity contribution in [1.82, 2.24) is 25.6 Å². The van der Waals surface area contributed by atoms with Gasteiger partial charge in [0.25, 0.3) is 10.0 Å². The lowest BCUT2D eigenvalue weighted by Gasteiger charge is -2.10. The van der Waals surface area contributed by atoms with Crippen molar-refractivity contribution in [3.8, 4) is 22.6 Å². The molecule has 0 aliphatic rings. The van der Waals surface area contributed by atoms with E-state index >= 15 is 0 Å². The number of benzene rings is 2. The van der Waals surface area contributed by atoms with Crippen molar-refractivity contribution < 1.29 is 12.8 Å². The van der Waals surface area contributed by atoms with E-state index < -0.39 is 15.8 Å². The van der Waals surface area contributed by atoms with Crippen LogP contribution in [0.25, 0.3) is 22.6 Å². The second-order valence-electron chi connectivity index (χ2n) is 5.81. The van der Waals surface area contributed by atoms with E-state index in [4.69, 9.17) is 0 Å². The lowest BCUT2D eigenvalue weighted by Crippen LogP contribution is -2.13. The third-order valence-corrected chi connectivity index (χ3v) is 6.04. The van der Waals surface area contributed by atoms with Crippen LogP contribution in [0.2, 0.25) is 0 Å². The predicted molar refractivity (Wildman–Crippen MR) is 103 cm³/mol. The Morgan fingerprint density at radius 1 is 1.14 bits per heavy atom. The Kier molecular flexibility index (Phi) is 4.61. The summed E-state index contributed by atoms with van der Waals surface area (Å²) in [5, 5.41) is 15.8. The molecule has 0 saturated carbocycles. The van der Waals surface area contributed by atoms with Crippen molar-refractivity contribution in [2.24, 2.45) is 0 Å². The van der Waals surface area contributed by atoms with E-state index in [0.717, 1.165) is 28.4 Å². The van der Waals surface area contributed by atoms with Gasteiger partial charge in [-0.05, 0) is 42.5 Å². The Morgan fingerprint density at radius 3 is 2.57 bits per heavy atom. The number of aromatic amines is 1. The SMILES string of the molecule is Cc1nc(-c2ccc(NS(=O)(=O)c3ccc(F)c(-c4nn[nH]n4)c3)cc2)cs1. The molecule has 0 fully saturated rings. The van der Waals surface area contributed by atoms with Crippen molar-refractivity contribution in [1.29, 1.82) is 0 Å². The number of hydrogen-bond acceptors (Lipinski definition) is 7. The lowest BCUT2D eigenvalue weighted by atomic mass is 10.1. The van der Waals surface area contributed by atoms with Gasteiger partial charge in [-0.1, -0.05) is 12.1 Å². The summed E-state index contributed by atoms with van der Waals surface area (Å²) in [5.41, 5.74) is 2.03. The summed E-state index contributed by atoms with van der Waals surface area (Å²) < 4.78 is 41.9. The first kappa shape index (κ1) is 18.2. The minimum atomic E-state index is -3.93. The van der Waals surface area contributed by atoms with E-state index in [2.05, 4.69) is 30.3 Å². The van der Waals surface area contributed by atoms with Crippen molar-refractivity contribution in [3.63, 3.8) is 0 Å². The molecule has 2 N–H and O–H groups in total. The van der Waals surface area contributed by atoms with Gasteiger partial charge in [-0.2, -0.15) is 5.21 Å². The largest absolute Gasteiger partial charge is 0.280 e. The molecule has 0 saturated heterocycles. The first-order valence-electron chi connectivity index (χ1n) is 8.01. The molecule has 0 unspecified atom stereocenters. The van der Waals surface area contributed by atoms with Crippen LogP contribution in [0.3, 0.4) is 0 Å². The number of tetrazole rings is 1. The van der Waals surface area contributed by atoms with Gasteiger partial charge in [0.1, 0.15) is 5.82 Å². The van der Waals surface area contributed by atoms with E-state index in [-0.39, 0.29) is 16.3 Å². The van der Waals surface area contributed by atoms with E-state index in [1.165, 1.54) is 6.07 Å². The molecule has 2 heterocycles. The maximum atomic E-state index is 14.0. The van der Waals surface area contributed by atoms with E-state index in [0.29, 0.717) is 5.69 Å². The van der Waals surface area contributed by atoms with Gasteiger partial charge in [-0.25, -0.2) is 17.8 Å². The van der Waals surface area contributed by atoms with Crippen LogP contribution in [0.5, 0.6) is 0 Å². The highest BCUT2D eigenvalue weighted by Crippen LogP contribution is 2.26. The number of nitrogens with one attached hydrogen (secondary N) is 2. The normalized spacial score (nSPS) is 11.5. The summed E-state index contributed by atoms with van der Waals surface area (Å²) in [6, 6.07) is 10.2. The Hall–Kier alpha value is -3.18. The highest BCUT2D eigenvalue weighted by atomic mass is 32.2. The minimum absolute atomic E-state index is 0.0301. The van der Waals surface area contributed by atoms with Crippen LogP contribution < -0.4 is 4.72 Å². The van der Waals surface area contributed by atoms with Gasteiger partial charge >= 0.3 is 0 Å². The average Bonchev–Trinajstić information content (AvgIpc) is 3.34. The quantitative estimate of drug-likeness (QED) is 0.516. The summed E-state index contributed by atoms with van der Waals surface area (Å²) >= 11 is 1.54. The number of aryl methyl sites for hydroxylation is 1. The summed E-state index contributed by atoms with van der Waals surface area (Å²) in [5.74, 6) is -0.680. The highest BCUT2D eigenvalue weighted by molar-refractivity contribution is 7.92. The molecule has 0 bridgehead atoms.